The summed E-state index contributed by atoms with van der Waals surface area (Å²) in [4.78, 5) is 0. The fraction of sp³-hybridized carbons (Fsp3) is 1.00. The molecule has 0 radical (unpaired) electrons. The molecular formula is C16H33NO. The van der Waals surface area contributed by atoms with E-state index >= 15 is 0 Å². The van der Waals surface area contributed by atoms with Crippen molar-refractivity contribution in [3.05, 3.63) is 0 Å². The van der Waals surface area contributed by atoms with Crippen LogP contribution in [0, 0.1) is 5.92 Å². The molecule has 0 amide bonds. The van der Waals surface area contributed by atoms with Gasteiger partial charge in [0.15, 0.2) is 0 Å². The lowest BCUT2D eigenvalue weighted by Crippen LogP contribution is -2.46. The number of rotatable bonds is 8. The first-order chi connectivity index (χ1) is 8.62. The fourth-order valence-corrected chi connectivity index (χ4v) is 3.30. The monoisotopic (exact) mass is 255 g/mol. The van der Waals surface area contributed by atoms with Gasteiger partial charge in [-0.1, -0.05) is 52.4 Å². The maximum Gasteiger partial charge on any atom is 0.0810 e. The zero-order valence-electron chi connectivity index (χ0n) is 12.7. The molecule has 18 heavy (non-hydrogen) atoms. The highest BCUT2D eigenvalue weighted by atomic mass is 16.5. The van der Waals surface area contributed by atoms with Gasteiger partial charge in [0, 0.05) is 6.54 Å². The van der Waals surface area contributed by atoms with E-state index in [-0.39, 0.29) is 5.60 Å². The zero-order valence-corrected chi connectivity index (χ0v) is 12.7. The van der Waals surface area contributed by atoms with Crippen molar-refractivity contribution in [2.45, 2.75) is 90.3 Å². The molecule has 2 heteroatoms. The van der Waals surface area contributed by atoms with Gasteiger partial charge in [-0.3, -0.25) is 0 Å². The summed E-state index contributed by atoms with van der Waals surface area (Å²) in [5.74, 6) is 0.773. The van der Waals surface area contributed by atoms with Gasteiger partial charge in [0.25, 0.3) is 0 Å². The van der Waals surface area contributed by atoms with E-state index in [9.17, 15) is 0 Å². The second-order valence-electron chi connectivity index (χ2n) is 6.37. The third-order valence-electron chi connectivity index (χ3n) is 4.34. The predicted molar refractivity (Wildman–Crippen MR) is 78.7 cm³/mol. The van der Waals surface area contributed by atoms with Crippen LogP contribution in [-0.2, 0) is 4.74 Å². The van der Waals surface area contributed by atoms with Crippen LogP contribution >= 0.6 is 0 Å². The van der Waals surface area contributed by atoms with Crippen molar-refractivity contribution in [2.24, 2.45) is 11.7 Å². The average Bonchev–Trinajstić information content (AvgIpc) is 2.34. The van der Waals surface area contributed by atoms with E-state index in [4.69, 9.17) is 10.5 Å². The Morgan fingerprint density at radius 2 is 2.11 bits per heavy atom. The molecule has 3 atom stereocenters. The van der Waals surface area contributed by atoms with Crippen molar-refractivity contribution in [1.82, 2.24) is 0 Å². The molecule has 1 fully saturated rings. The highest BCUT2D eigenvalue weighted by molar-refractivity contribution is 4.88. The Morgan fingerprint density at radius 3 is 2.72 bits per heavy atom. The van der Waals surface area contributed by atoms with E-state index in [2.05, 4.69) is 20.8 Å². The summed E-state index contributed by atoms with van der Waals surface area (Å²) < 4.78 is 6.35. The molecule has 0 saturated heterocycles. The minimum Gasteiger partial charge on any atom is -0.371 e. The molecule has 1 aliphatic rings. The summed E-state index contributed by atoms with van der Waals surface area (Å²) in [6, 6.07) is 0. The van der Waals surface area contributed by atoms with E-state index in [1.54, 1.807) is 0 Å². The molecule has 2 N–H and O–H groups in total. The minimum absolute atomic E-state index is 0.0121. The van der Waals surface area contributed by atoms with E-state index in [0.717, 1.165) is 18.8 Å². The molecule has 3 unspecified atom stereocenters. The smallest absolute Gasteiger partial charge is 0.0810 e. The van der Waals surface area contributed by atoms with Crippen molar-refractivity contribution in [2.75, 3.05) is 6.54 Å². The summed E-state index contributed by atoms with van der Waals surface area (Å²) in [5.41, 5.74) is 5.99. The van der Waals surface area contributed by atoms with Gasteiger partial charge in [0.2, 0.25) is 0 Å². The van der Waals surface area contributed by atoms with Gasteiger partial charge in [-0.2, -0.15) is 0 Å². The standard InChI is InChI=1S/C16H33NO/c1-4-5-6-7-10-15(3)18-16(13-17)11-8-9-14(2)12-16/h14-15H,4-13,17H2,1-3H3. The van der Waals surface area contributed by atoms with Crippen molar-refractivity contribution >= 4 is 0 Å². The fourth-order valence-electron chi connectivity index (χ4n) is 3.30. The second kappa shape index (κ2) is 8.16. The van der Waals surface area contributed by atoms with Crippen LogP contribution < -0.4 is 5.73 Å². The number of hydrogen-bond donors (Lipinski definition) is 1. The maximum atomic E-state index is 6.35. The van der Waals surface area contributed by atoms with Crippen molar-refractivity contribution in [3.8, 4) is 0 Å². The number of ether oxygens (including phenoxy) is 1. The molecule has 0 aromatic carbocycles. The van der Waals surface area contributed by atoms with Crippen LogP contribution in [0.15, 0.2) is 0 Å². The van der Waals surface area contributed by atoms with Gasteiger partial charge in [-0.25, -0.2) is 0 Å². The van der Waals surface area contributed by atoms with Gasteiger partial charge in [0.1, 0.15) is 0 Å². The minimum atomic E-state index is -0.0121. The average molecular weight is 255 g/mol. The molecule has 0 aliphatic heterocycles. The number of hydrogen-bond acceptors (Lipinski definition) is 2. The summed E-state index contributed by atoms with van der Waals surface area (Å²) in [6.07, 6.45) is 11.8. The highest BCUT2D eigenvalue weighted by Crippen LogP contribution is 2.35. The highest BCUT2D eigenvalue weighted by Gasteiger charge is 2.35. The first-order valence-electron chi connectivity index (χ1n) is 8.00. The Bertz CT molecular complexity index is 219. The Balaban J connectivity index is 2.32. The van der Waals surface area contributed by atoms with E-state index in [1.165, 1.54) is 44.9 Å². The van der Waals surface area contributed by atoms with E-state index in [0.29, 0.717) is 12.6 Å². The van der Waals surface area contributed by atoms with Gasteiger partial charge in [-0.05, 0) is 32.1 Å². The summed E-state index contributed by atoms with van der Waals surface area (Å²) >= 11 is 0. The quantitative estimate of drug-likeness (QED) is 0.657. The van der Waals surface area contributed by atoms with Crippen LogP contribution in [-0.4, -0.2) is 18.2 Å². The van der Waals surface area contributed by atoms with Crippen molar-refractivity contribution < 1.29 is 4.74 Å². The molecular weight excluding hydrogens is 222 g/mol. The summed E-state index contributed by atoms with van der Waals surface area (Å²) in [6.45, 7) is 7.50. The van der Waals surface area contributed by atoms with Gasteiger partial charge >= 0.3 is 0 Å². The Labute approximate surface area is 114 Å². The number of unbranched alkanes of at least 4 members (excludes halogenated alkanes) is 3. The zero-order chi connectivity index (χ0) is 13.4. The molecule has 0 bridgehead atoms. The molecule has 1 rings (SSSR count). The molecule has 0 aromatic rings. The summed E-state index contributed by atoms with van der Waals surface area (Å²) in [7, 11) is 0. The van der Waals surface area contributed by atoms with Crippen LogP contribution in [0.25, 0.3) is 0 Å². The van der Waals surface area contributed by atoms with Gasteiger partial charge < -0.3 is 10.5 Å². The second-order valence-corrected chi connectivity index (χ2v) is 6.37. The predicted octanol–water partition coefficient (Wildman–Crippen LogP) is 4.27. The Hall–Kier alpha value is -0.0800. The number of nitrogens with two attached hydrogens (primary N) is 1. The molecule has 0 aromatic heterocycles. The van der Waals surface area contributed by atoms with E-state index in [1.807, 2.05) is 0 Å². The SMILES string of the molecule is CCCCCCC(C)OC1(CN)CCCC(C)C1. The van der Waals surface area contributed by atoms with Crippen LogP contribution in [0.5, 0.6) is 0 Å². The maximum absolute atomic E-state index is 6.35. The lowest BCUT2D eigenvalue weighted by Gasteiger charge is -2.41. The third kappa shape index (κ3) is 5.27. The Kier molecular flexibility index (Phi) is 7.25. The van der Waals surface area contributed by atoms with Crippen LogP contribution in [0.4, 0.5) is 0 Å². The van der Waals surface area contributed by atoms with Crippen molar-refractivity contribution in [3.63, 3.8) is 0 Å². The van der Waals surface area contributed by atoms with Crippen LogP contribution in [0.1, 0.15) is 78.6 Å². The summed E-state index contributed by atoms with van der Waals surface area (Å²) in [5, 5.41) is 0. The van der Waals surface area contributed by atoms with Crippen LogP contribution in [0.3, 0.4) is 0 Å². The Morgan fingerprint density at radius 1 is 1.33 bits per heavy atom. The third-order valence-corrected chi connectivity index (χ3v) is 4.34. The largest absolute Gasteiger partial charge is 0.371 e. The van der Waals surface area contributed by atoms with Crippen LogP contribution in [0.2, 0.25) is 0 Å². The molecule has 0 heterocycles. The lowest BCUT2D eigenvalue weighted by atomic mass is 9.78. The molecule has 1 aliphatic carbocycles. The molecule has 2 nitrogen and oxygen atoms in total. The first kappa shape index (κ1) is 16.0. The topological polar surface area (TPSA) is 35.2 Å². The molecule has 1 saturated carbocycles. The van der Waals surface area contributed by atoms with Gasteiger partial charge in [0.05, 0.1) is 11.7 Å². The molecule has 108 valence electrons. The lowest BCUT2D eigenvalue weighted by molar-refractivity contribution is -0.112. The van der Waals surface area contributed by atoms with Crippen molar-refractivity contribution in [1.29, 1.82) is 0 Å². The van der Waals surface area contributed by atoms with Gasteiger partial charge in [-0.15, -0.1) is 0 Å². The molecule has 0 spiro atoms. The first-order valence-corrected chi connectivity index (χ1v) is 8.00. The van der Waals surface area contributed by atoms with E-state index < -0.39 is 0 Å². The normalized spacial score (nSPS) is 30.3.